The minimum absolute atomic E-state index is 1.00. The Morgan fingerprint density at radius 2 is 0.959 bits per heavy atom. The van der Waals surface area contributed by atoms with Crippen LogP contribution in [0.5, 0.6) is 0 Å². The van der Waals surface area contributed by atoms with Crippen molar-refractivity contribution in [2.75, 3.05) is 6.23 Å². The minimum Gasteiger partial charge on any atom is -0.281 e. The Kier molecular flexibility index (Phi) is 9.09. The molecule has 0 saturated heterocycles. The predicted molar refractivity (Wildman–Crippen MR) is 236 cm³/mol. The third-order valence-corrected chi connectivity index (χ3v) is 14.6. The van der Waals surface area contributed by atoms with Crippen LogP contribution in [0, 0.1) is 6.92 Å². The second-order valence-corrected chi connectivity index (χ2v) is 16.5. The van der Waals surface area contributed by atoms with Gasteiger partial charge in [0.25, 0.3) is 0 Å². The summed E-state index contributed by atoms with van der Waals surface area (Å²) in [7, 11) is 0. The van der Waals surface area contributed by atoms with Gasteiger partial charge in [-0.2, -0.15) is 0 Å². The highest BCUT2D eigenvalue weighted by molar-refractivity contribution is 14.1. The van der Waals surface area contributed by atoms with Crippen molar-refractivity contribution in [3.8, 4) is 11.1 Å². The van der Waals surface area contributed by atoms with E-state index in [1.165, 1.54) is 96.5 Å². The topological polar surface area (TPSA) is 6.48 Å². The van der Waals surface area contributed by atoms with E-state index in [2.05, 4.69) is 189 Å². The summed E-state index contributed by atoms with van der Waals surface area (Å²) in [5.41, 5.74) is 13.1. The molecule has 0 unspecified atom stereocenters. The first-order chi connectivity index (χ1) is 23.9. The molecule has 0 atom stereocenters. The number of aryl methyl sites for hydroxylation is 3. The fourth-order valence-electron chi connectivity index (χ4n) is 7.28. The maximum atomic E-state index is 2.53. The molecule has 0 N–H and O–H groups in total. The summed E-state index contributed by atoms with van der Waals surface area (Å²) in [6, 6.07) is 40.7. The summed E-state index contributed by atoms with van der Waals surface area (Å²) in [6.45, 7) is 9.07. The third kappa shape index (κ3) is 5.45. The van der Waals surface area contributed by atoms with Crippen molar-refractivity contribution in [2.45, 2.75) is 47.0 Å². The number of halogens is 2. The second kappa shape index (κ2) is 13.5. The van der Waals surface area contributed by atoms with Crippen LogP contribution >= 0.6 is 68.4 Å². The highest BCUT2D eigenvalue weighted by Gasteiger charge is 2.22. The molecule has 0 aliphatic rings. The summed E-state index contributed by atoms with van der Waals surface area (Å²) in [4.78, 5) is 0. The van der Waals surface area contributed by atoms with Crippen molar-refractivity contribution in [1.29, 1.82) is 0 Å². The van der Waals surface area contributed by atoms with Crippen LogP contribution in [0.2, 0.25) is 0 Å². The zero-order valence-corrected chi connectivity index (χ0v) is 33.9. The van der Waals surface area contributed by atoms with E-state index in [0.29, 0.717) is 0 Å². The minimum atomic E-state index is 1.00. The third-order valence-electron chi connectivity index (χ3n) is 9.87. The molecular weight excluding hydrogens is 862 g/mol. The van der Waals surface area contributed by atoms with Crippen LogP contribution in [0.1, 0.15) is 43.0 Å². The van der Waals surface area contributed by atoms with Crippen molar-refractivity contribution in [1.82, 2.24) is 0 Å². The molecule has 0 saturated carbocycles. The largest absolute Gasteiger partial charge is 0.281 e. The number of hydrogen-bond acceptors (Lipinski definition) is 4. The van der Waals surface area contributed by atoms with Crippen molar-refractivity contribution in [3.05, 3.63) is 131 Å². The van der Waals surface area contributed by atoms with E-state index in [1.807, 2.05) is 22.7 Å². The van der Waals surface area contributed by atoms with Crippen molar-refractivity contribution < 1.29 is 0 Å². The molecule has 6 heteroatoms. The van der Waals surface area contributed by atoms with Crippen LogP contribution in [0.4, 0.5) is 22.7 Å². The van der Waals surface area contributed by atoms with Gasteiger partial charge in [0.05, 0.1) is 77.9 Å². The number of para-hydroxylation sites is 1. The normalized spacial score (nSPS) is 11.7. The summed E-state index contributed by atoms with van der Waals surface area (Å²) in [5.74, 6) is 0. The molecule has 0 amide bonds. The van der Waals surface area contributed by atoms with E-state index in [-0.39, 0.29) is 0 Å². The number of fused-ring (bicyclic) bond motifs is 6. The predicted octanol–water partition coefficient (Wildman–Crippen LogP) is 15.1. The van der Waals surface area contributed by atoms with Gasteiger partial charge < -0.3 is 0 Å². The Bertz CT molecular complexity index is 2530. The van der Waals surface area contributed by atoms with Gasteiger partial charge in [-0.25, -0.2) is 0 Å². The molecule has 0 radical (unpaired) electrons. The maximum Gasteiger partial charge on any atom is 0.0689 e. The Hall–Kier alpha value is -3.18. The lowest BCUT2D eigenvalue weighted by atomic mass is 9.93. The van der Waals surface area contributed by atoms with Gasteiger partial charge in [-0.15, -0.1) is 22.7 Å². The first-order valence-corrected chi connectivity index (χ1v) is 20.5. The van der Waals surface area contributed by atoms with Crippen LogP contribution < -0.4 is 6.23 Å². The maximum absolute atomic E-state index is 2.53. The molecule has 244 valence electrons. The summed E-state index contributed by atoms with van der Waals surface area (Å²) < 4.78 is 10.2. The van der Waals surface area contributed by atoms with Gasteiger partial charge in [-0.1, -0.05) is 106 Å². The number of nitrogens with zero attached hydrogens (tertiary/aromatic N) is 2. The quantitative estimate of drug-likeness (QED) is 0.111. The van der Waals surface area contributed by atoms with Crippen LogP contribution in [0.3, 0.4) is 0 Å². The van der Waals surface area contributed by atoms with Gasteiger partial charge in [0.1, 0.15) is 0 Å². The van der Waals surface area contributed by atoms with Gasteiger partial charge in [0, 0.05) is 30.9 Å². The average molecular weight is 899 g/mol. The Balaban J connectivity index is 1.30. The number of anilines is 4. The second-order valence-electron chi connectivity index (χ2n) is 12.5. The van der Waals surface area contributed by atoms with Crippen LogP contribution in [-0.2, 0) is 19.3 Å². The zero-order valence-electron chi connectivity index (χ0n) is 28.0. The van der Waals surface area contributed by atoms with E-state index in [1.54, 1.807) is 0 Å². The molecule has 8 rings (SSSR count). The Morgan fingerprint density at radius 1 is 0.449 bits per heavy atom. The standard InChI is InChI=1S/C43H36I2N2S2/c1-5-27-14-8-9-20-36(27)47(45)38-23-13-19-34-39-31(25-24-29(7-3)41(39)49-43(34)38)30-16-11-21-35(26(30)4)46(44)37-22-12-18-33-32-17-10-15-28(6-2)40(32)48-42(33)37/h8-25H,5-7H2,1-4H3. The molecule has 2 aromatic heterocycles. The highest BCUT2D eigenvalue weighted by atomic mass is 127. The Labute approximate surface area is 324 Å². The molecule has 0 spiro atoms. The number of thiophene rings is 2. The van der Waals surface area contributed by atoms with Gasteiger partial charge in [-0.05, 0) is 83.8 Å². The number of hydrogen-bond donors (Lipinski definition) is 0. The average Bonchev–Trinajstić information content (AvgIpc) is 3.73. The SMILES string of the molecule is CCc1ccccc1N(I)c1cccc2c1sc1c(CC)ccc(-c3cccc(N(I)c4cccc5c4sc4c(CC)cccc45)c3C)c12. The van der Waals surface area contributed by atoms with Crippen molar-refractivity contribution in [3.63, 3.8) is 0 Å². The van der Waals surface area contributed by atoms with Crippen LogP contribution in [0.25, 0.3) is 51.5 Å². The lowest BCUT2D eigenvalue weighted by Gasteiger charge is -2.22. The molecular formula is C43H36I2N2S2. The van der Waals surface area contributed by atoms with Gasteiger partial charge in [0.15, 0.2) is 0 Å². The molecule has 6 aromatic carbocycles. The number of rotatable bonds is 8. The van der Waals surface area contributed by atoms with E-state index in [0.717, 1.165) is 19.3 Å². The van der Waals surface area contributed by atoms with E-state index in [9.17, 15) is 0 Å². The van der Waals surface area contributed by atoms with E-state index < -0.39 is 0 Å². The first-order valence-electron chi connectivity index (χ1n) is 16.9. The summed E-state index contributed by atoms with van der Waals surface area (Å²) in [6.07, 6.45) is 3.05. The summed E-state index contributed by atoms with van der Waals surface area (Å²) >= 11 is 8.91. The molecule has 8 aromatic rings. The van der Waals surface area contributed by atoms with E-state index >= 15 is 0 Å². The molecule has 0 fully saturated rings. The smallest absolute Gasteiger partial charge is 0.0689 e. The molecule has 0 aliphatic carbocycles. The summed E-state index contributed by atoms with van der Waals surface area (Å²) in [5, 5.41) is 5.40. The molecule has 49 heavy (non-hydrogen) atoms. The van der Waals surface area contributed by atoms with Crippen LogP contribution in [-0.4, -0.2) is 0 Å². The molecule has 2 heterocycles. The molecule has 2 nitrogen and oxygen atoms in total. The first kappa shape index (κ1) is 33.0. The zero-order chi connectivity index (χ0) is 33.8. The van der Waals surface area contributed by atoms with Gasteiger partial charge in [0.2, 0.25) is 0 Å². The van der Waals surface area contributed by atoms with Crippen molar-refractivity contribution in [2.24, 2.45) is 0 Å². The lowest BCUT2D eigenvalue weighted by molar-refractivity contribution is 1.14. The monoisotopic (exact) mass is 898 g/mol. The van der Waals surface area contributed by atoms with Gasteiger partial charge >= 0.3 is 0 Å². The van der Waals surface area contributed by atoms with E-state index in [4.69, 9.17) is 0 Å². The number of benzene rings is 6. The fraction of sp³-hybridized carbons (Fsp3) is 0.163. The highest BCUT2D eigenvalue weighted by Crippen LogP contribution is 2.50. The molecule has 0 bridgehead atoms. The van der Waals surface area contributed by atoms with Crippen molar-refractivity contribution >= 4 is 131 Å². The fourth-order valence-corrected chi connectivity index (χ4v) is 12.2. The Morgan fingerprint density at radius 3 is 1.69 bits per heavy atom. The van der Waals surface area contributed by atoms with Crippen LogP contribution in [0.15, 0.2) is 109 Å². The molecule has 0 aliphatic heterocycles. The lowest BCUT2D eigenvalue weighted by Crippen LogP contribution is -2.04. The van der Waals surface area contributed by atoms with Gasteiger partial charge in [-0.3, -0.25) is 6.23 Å².